The molecule has 1 atom stereocenters. The molecule has 0 aliphatic heterocycles. The molecule has 0 spiro atoms. The average molecular weight is 269 g/mol. The summed E-state index contributed by atoms with van der Waals surface area (Å²) in [5.74, 6) is -0.220. The lowest BCUT2D eigenvalue weighted by atomic mass is 9.99. The molecule has 0 fully saturated rings. The Balaban J connectivity index is 2.11. The van der Waals surface area contributed by atoms with Crippen LogP contribution in [-0.2, 0) is 0 Å². The third-order valence-corrected chi connectivity index (χ3v) is 3.36. The van der Waals surface area contributed by atoms with Gasteiger partial charge in [0.15, 0.2) is 0 Å². The second-order valence-corrected chi connectivity index (χ2v) is 4.68. The molecule has 3 aromatic rings. The summed E-state index contributed by atoms with van der Waals surface area (Å²) in [6, 6.07) is 12.6. The van der Waals surface area contributed by atoms with Gasteiger partial charge in [0.05, 0.1) is 17.8 Å². The predicted octanol–water partition coefficient (Wildman–Crippen LogP) is 3.17. The van der Waals surface area contributed by atoms with Crippen LogP contribution in [0.15, 0.2) is 54.9 Å². The summed E-state index contributed by atoms with van der Waals surface area (Å²) >= 11 is 0. The summed E-state index contributed by atoms with van der Waals surface area (Å²) in [5, 5.41) is 7.75. The standard InChI is InChI=1S/C16H16FN3/c1-2-18-16(12-6-5-7-13(17)10-12)14-11-19-20-9-4-3-8-15(14)20/h3-11,16,18H,2H2,1H3. The van der Waals surface area contributed by atoms with Crippen LogP contribution < -0.4 is 5.32 Å². The highest BCUT2D eigenvalue weighted by atomic mass is 19.1. The Morgan fingerprint density at radius 1 is 1.25 bits per heavy atom. The second-order valence-electron chi connectivity index (χ2n) is 4.68. The Hall–Kier alpha value is -2.20. The van der Waals surface area contributed by atoms with E-state index in [4.69, 9.17) is 0 Å². The van der Waals surface area contributed by atoms with Crippen LogP contribution in [0, 0.1) is 5.82 Å². The molecule has 2 aromatic heterocycles. The molecule has 3 rings (SSSR count). The highest BCUT2D eigenvalue weighted by molar-refractivity contribution is 5.57. The number of pyridine rings is 1. The zero-order valence-electron chi connectivity index (χ0n) is 11.3. The minimum atomic E-state index is -0.220. The van der Waals surface area contributed by atoms with Crippen LogP contribution in [0.4, 0.5) is 4.39 Å². The number of nitrogens with one attached hydrogen (secondary N) is 1. The molecule has 20 heavy (non-hydrogen) atoms. The molecule has 3 nitrogen and oxygen atoms in total. The minimum Gasteiger partial charge on any atom is -0.306 e. The van der Waals surface area contributed by atoms with Gasteiger partial charge < -0.3 is 5.32 Å². The highest BCUT2D eigenvalue weighted by Gasteiger charge is 2.17. The molecule has 0 aliphatic carbocycles. The zero-order chi connectivity index (χ0) is 13.9. The maximum atomic E-state index is 13.5. The van der Waals surface area contributed by atoms with E-state index in [1.807, 2.05) is 48.1 Å². The van der Waals surface area contributed by atoms with Crippen LogP contribution in [0.3, 0.4) is 0 Å². The topological polar surface area (TPSA) is 29.3 Å². The summed E-state index contributed by atoms with van der Waals surface area (Å²) < 4.78 is 15.3. The fourth-order valence-corrected chi connectivity index (χ4v) is 2.47. The lowest BCUT2D eigenvalue weighted by molar-refractivity contribution is 0.604. The smallest absolute Gasteiger partial charge is 0.123 e. The molecule has 0 saturated heterocycles. The van der Waals surface area contributed by atoms with Crippen LogP contribution in [0.5, 0.6) is 0 Å². The maximum Gasteiger partial charge on any atom is 0.123 e. The summed E-state index contributed by atoms with van der Waals surface area (Å²) in [5.41, 5.74) is 2.99. The number of aromatic nitrogens is 2. The SMILES string of the molecule is CCNC(c1cccc(F)c1)c1cnn2ccccc12. The van der Waals surface area contributed by atoms with E-state index in [2.05, 4.69) is 10.4 Å². The van der Waals surface area contributed by atoms with Crippen molar-refractivity contribution in [3.05, 3.63) is 71.8 Å². The van der Waals surface area contributed by atoms with Gasteiger partial charge in [-0.3, -0.25) is 0 Å². The Morgan fingerprint density at radius 3 is 2.95 bits per heavy atom. The number of benzene rings is 1. The first-order valence-electron chi connectivity index (χ1n) is 6.70. The van der Waals surface area contributed by atoms with Gasteiger partial charge in [0.2, 0.25) is 0 Å². The van der Waals surface area contributed by atoms with Crippen LogP contribution in [0.1, 0.15) is 24.1 Å². The Morgan fingerprint density at radius 2 is 2.15 bits per heavy atom. The molecule has 0 amide bonds. The molecule has 0 radical (unpaired) electrons. The molecule has 102 valence electrons. The third kappa shape index (κ3) is 2.30. The molecule has 2 heterocycles. The van der Waals surface area contributed by atoms with Gasteiger partial charge in [-0.05, 0) is 36.4 Å². The van der Waals surface area contributed by atoms with Gasteiger partial charge in [-0.2, -0.15) is 5.10 Å². The Bertz CT molecular complexity index is 720. The highest BCUT2D eigenvalue weighted by Crippen LogP contribution is 2.26. The van der Waals surface area contributed by atoms with Gasteiger partial charge in [0.25, 0.3) is 0 Å². The van der Waals surface area contributed by atoms with Crippen LogP contribution in [-0.4, -0.2) is 16.2 Å². The molecule has 0 bridgehead atoms. The van der Waals surface area contributed by atoms with E-state index in [-0.39, 0.29) is 11.9 Å². The van der Waals surface area contributed by atoms with E-state index in [1.54, 1.807) is 12.1 Å². The summed E-state index contributed by atoms with van der Waals surface area (Å²) in [7, 11) is 0. The zero-order valence-corrected chi connectivity index (χ0v) is 11.3. The average Bonchev–Trinajstić information content (AvgIpc) is 2.88. The first kappa shape index (κ1) is 12.8. The number of rotatable bonds is 4. The predicted molar refractivity (Wildman–Crippen MR) is 77.1 cm³/mol. The summed E-state index contributed by atoms with van der Waals surface area (Å²) in [6.45, 7) is 2.84. The quantitative estimate of drug-likeness (QED) is 0.788. The van der Waals surface area contributed by atoms with Crippen molar-refractivity contribution in [1.82, 2.24) is 14.9 Å². The number of nitrogens with zero attached hydrogens (tertiary/aromatic N) is 2. The van der Waals surface area contributed by atoms with Gasteiger partial charge in [-0.15, -0.1) is 0 Å². The first-order valence-corrected chi connectivity index (χ1v) is 6.70. The molecule has 4 heteroatoms. The van der Waals surface area contributed by atoms with Crippen LogP contribution in [0.2, 0.25) is 0 Å². The van der Waals surface area contributed by atoms with E-state index in [1.165, 1.54) is 6.07 Å². The second kappa shape index (κ2) is 5.43. The Labute approximate surface area is 117 Å². The van der Waals surface area contributed by atoms with Crippen LogP contribution in [0.25, 0.3) is 5.52 Å². The van der Waals surface area contributed by atoms with E-state index >= 15 is 0 Å². The van der Waals surface area contributed by atoms with Gasteiger partial charge in [-0.1, -0.05) is 25.1 Å². The largest absolute Gasteiger partial charge is 0.306 e. The van der Waals surface area contributed by atoms with Gasteiger partial charge in [-0.25, -0.2) is 8.91 Å². The monoisotopic (exact) mass is 269 g/mol. The number of hydrogen-bond acceptors (Lipinski definition) is 2. The summed E-state index contributed by atoms with van der Waals surface area (Å²) in [4.78, 5) is 0. The molecule has 0 saturated carbocycles. The normalized spacial score (nSPS) is 12.7. The lowest BCUT2D eigenvalue weighted by Gasteiger charge is -2.17. The molecule has 1 aromatic carbocycles. The maximum absolute atomic E-state index is 13.5. The van der Waals surface area contributed by atoms with Crippen molar-refractivity contribution in [1.29, 1.82) is 0 Å². The van der Waals surface area contributed by atoms with Gasteiger partial charge in [0, 0.05) is 11.8 Å². The number of hydrogen-bond donors (Lipinski definition) is 1. The molecule has 1 N–H and O–H groups in total. The molecule has 1 unspecified atom stereocenters. The van der Waals surface area contributed by atoms with Crippen molar-refractivity contribution >= 4 is 5.52 Å². The van der Waals surface area contributed by atoms with Crippen LogP contribution >= 0.6 is 0 Å². The number of halogens is 1. The first-order chi connectivity index (χ1) is 9.79. The van der Waals surface area contributed by atoms with E-state index in [9.17, 15) is 4.39 Å². The van der Waals surface area contributed by atoms with Crippen molar-refractivity contribution in [2.24, 2.45) is 0 Å². The Kier molecular flexibility index (Phi) is 3.48. The van der Waals surface area contributed by atoms with Crippen molar-refractivity contribution in [3.63, 3.8) is 0 Å². The molecular formula is C16H16FN3. The fourth-order valence-electron chi connectivity index (χ4n) is 2.47. The third-order valence-electron chi connectivity index (χ3n) is 3.36. The fraction of sp³-hybridized carbons (Fsp3) is 0.188. The van der Waals surface area contributed by atoms with Crippen molar-refractivity contribution in [3.8, 4) is 0 Å². The van der Waals surface area contributed by atoms with E-state index in [0.717, 1.165) is 23.2 Å². The van der Waals surface area contributed by atoms with E-state index in [0.29, 0.717) is 0 Å². The minimum absolute atomic E-state index is 0.0596. The molecule has 0 aliphatic rings. The lowest BCUT2D eigenvalue weighted by Crippen LogP contribution is -2.22. The van der Waals surface area contributed by atoms with Crippen molar-refractivity contribution < 1.29 is 4.39 Å². The van der Waals surface area contributed by atoms with Crippen molar-refractivity contribution in [2.75, 3.05) is 6.54 Å². The molecular weight excluding hydrogens is 253 g/mol. The van der Waals surface area contributed by atoms with Crippen molar-refractivity contribution in [2.45, 2.75) is 13.0 Å². The van der Waals surface area contributed by atoms with E-state index < -0.39 is 0 Å². The van der Waals surface area contributed by atoms with Gasteiger partial charge >= 0.3 is 0 Å². The summed E-state index contributed by atoms with van der Waals surface area (Å²) in [6.07, 6.45) is 3.75. The number of fused-ring (bicyclic) bond motifs is 1. The van der Waals surface area contributed by atoms with Gasteiger partial charge in [0.1, 0.15) is 5.82 Å².